The number of thiocarbonyl (C=S) groups is 1. The molecule has 0 spiro atoms. The fourth-order valence-electron chi connectivity index (χ4n) is 2.52. The van der Waals surface area contributed by atoms with E-state index >= 15 is 0 Å². The van der Waals surface area contributed by atoms with Crippen molar-refractivity contribution >= 4 is 39.9 Å². The molecule has 1 aromatic carbocycles. The number of hydrogen-bond donors (Lipinski definition) is 2. The van der Waals surface area contributed by atoms with E-state index in [-0.39, 0.29) is 11.9 Å². The summed E-state index contributed by atoms with van der Waals surface area (Å²) < 4.78 is 13.1. The SMILES string of the molecule is COc1cccc(Cn2cc(NC(=O)[C@@H]3CSC(=S)N3)cn2)c1OC. The van der Waals surface area contributed by atoms with Crippen molar-refractivity contribution in [1.29, 1.82) is 0 Å². The molecule has 0 aliphatic carbocycles. The summed E-state index contributed by atoms with van der Waals surface area (Å²) in [5, 5.41) is 10.1. The Morgan fingerprint density at radius 2 is 2.32 bits per heavy atom. The molecule has 25 heavy (non-hydrogen) atoms. The van der Waals surface area contributed by atoms with Crippen LogP contribution in [-0.2, 0) is 11.3 Å². The Morgan fingerprint density at radius 1 is 1.48 bits per heavy atom. The maximum atomic E-state index is 12.2. The van der Waals surface area contributed by atoms with Crippen LogP contribution in [0.1, 0.15) is 5.56 Å². The van der Waals surface area contributed by atoms with E-state index in [4.69, 9.17) is 21.7 Å². The van der Waals surface area contributed by atoms with E-state index < -0.39 is 0 Å². The van der Waals surface area contributed by atoms with Crippen molar-refractivity contribution in [2.45, 2.75) is 12.6 Å². The van der Waals surface area contributed by atoms with Crippen LogP contribution >= 0.6 is 24.0 Å². The highest BCUT2D eigenvalue weighted by Crippen LogP contribution is 2.31. The van der Waals surface area contributed by atoms with E-state index in [0.717, 1.165) is 5.56 Å². The first kappa shape index (κ1) is 17.6. The minimum absolute atomic E-state index is 0.120. The molecule has 2 N–H and O–H groups in total. The summed E-state index contributed by atoms with van der Waals surface area (Å²) in [6.45, 7) is 0.498. The van der Waals surface area contributed by atoms with Crippen LogP contribution in [0.4, 0.5) is 5.69 Å². The number of ether oxygens (including phenoxy) is 2. The number of nitrogens with one attached hydrogen (secondary N) is 2. The highest BCUT2D eigenvalue weighted by molar-refractivity contribution is 8.23. The van der Waals surface area contributed by atoms with Gasteiger partial charge in [-0.1, -0.05) is 36.1 Å². The lowest BCUT2D eigenvalue weighted by Gasteiger charge is -2.12. The Morgan fingerprint density at radius 3 is 3.00 bits per heavy atom. The fraction of sp³-hybridized carbons (Fsp3) is 0.312. The van der Waals surface area contributed by atoms with E-state index in [1.807, 2.05) is 18.2 Å². The van der Waals surface area contributed by atoms with Gasteiger partial charge in [-0.2, -0.15) is 5.10 Å². The van der Waals surface area contributed by atoms with Crippen molar-refractivity contribution in [3.63, 3.8) is 0 Å². The molecule has 9 heteroatoms. The molecule has 1 aromatic heterocycles. The van der Waals surface area contributed by atoms with Gasteiger partial charge in [-0.15, -0.1) is 0 Å². The number of thioether (sulfide) groups is 1. The van der Waals surface area contributed by atoms with Crippen LogP contribution in [0.2, 0.25) is 0 Å². The van der Waals surface area contributed by atoms with E-state index in [1.165, 1.54) is 11.8 Å². The third kappa shape index (κ3) is 4.05. The summed E-state index contributed by atoms with van der Waals surface area (Å²) in [6.07, 6.45) is 3.39. The fourth-order valence-corrected chi connectivity index (χ4v) is 3.65. The normalized spacial score (nSPS) is 16.4. The maximum Gasteiger partial charge on any atom is 0.247 e. The molecule has 2 heterocycles. The second kappa shape index (κ2) is 7.75. The van der Waals surface area contributed by atoms with Gasteiger partial charge in [0.1, 0.15) is 10.4 Å². The molecule has 1 fully saturated rings. The zero-order valence-electron chi connectivity index (χ0n) is 13.8. The van der Waals surface area contributed by atoms with Gasteiger partial charge < -0.3 is 20.1 Å². The van der Waals surface area contributed by atoms with Crippen molar-refractivity contribution in [3.8, 4) is 11.5 Å². The Bertz CT molecular complexity index is 793. The third-order valence-electron chi connectivity index (χ3n) is 3.71. The van der Waals surface area contributed by atoms with Gasteiger partial charge in [0.15, 0.2) is 11.5 Å². The van der Waals surface area contributed by atoms with E-state index in [2.05, 4.69) is 15.7 Å². The zero-order valence-corrected chi connectivity index (χ0v) is 15.4. The third-order valence-corrected chi connectivity index (χ3v) is 5.06. The number of carbonyl (C=O) groups excluding carboxylic acids is 1. The summed E-state index contributed by atoms with van der Waals surface area (Å²) in [4.78, 5) is 12.2. The number of nitrogens with zero attached hydrogens (tertiary/aromatic N) is 2. The van der Waals surface area contributed by atoms with Gasteiger partial charge in [0, 0.05) is 17.5 Å². The Labute approximate surface area is 155 Å². The van der Waals surface area contributed by atoms with Gasteiger partial charge in [-0.3, -0.25) is 9.48 Å². The molecular weight excluding hydrogens is 360 g/mol. The summed E-state index contributed by atoms with van der Waals surface area (Å²) in [7, 11) is 3.21. The second-order valence-corrected chi connectivity index (χ2v) is 7.06. The maximum absolute atomic E-state index is 12.2. The minimum atomic E-state index is -0.306. The van der Waals surface area contributed by atoms with Crippen LogP contribution in [0, 0.1) is 0 Å². The van der Waals surface area contributed by atoms with Crippen LogP contribution < -0.4 is 20.1 Å². The number of aromatic nitrogens is 2. The first-order valence-corrected chi connectivity index (χ1v) is 8.96. The molecule has 0 bridgehead atoms. The number of methoxy groups -OCH3 is 2. The zero-order chi connectivity index (χ0) is 17.8. The molecule has 1 amide bonds. The molecule has 1 saturated heterocycles. The molecular formula is C16H18N4O3S2. The average Bonchev–Trinajstić information content (AvgIpc) is 3.23. The van der Waals surface area contributed by atoms with Crippen molar-refractivity contribution in [3.05, 3.63) is 36.2 Å². The van der Waals surface area contributed by atoms with Crippen molar-refractivity contribution in [2.75, 3.05) is 25.3 Å². The van der Waals surface area contributed by atoms with Crippen LogP contribution in [0.3, 0.4) is 0 Å². The van der Waals surface area contributed by atoms with E-state index in [0.29, 0.717) is 33.8 Å². The summed E-state index contributed by atoms with van der Waals surface area (Å²) in [5.74, 6) is 1.86. The monoisotopic (exact) mass is 378 g/mol. The largest absolute Gasteiger partial charge is 0.493 e. The first-order chi connectivity index (χ1) is 12.1. The smallest absolute Gasteiger partial charge is 0.247 e. The molecule has 1 aliphatic heterocycles. The lowest BCUT2D eigenvalue weighted by molar-refractivity contribution is -0.117. The van der Waals surface area contributed by atoms with Crippen molar-refractivity contribution in [2.24, 2.45) is 0 Å². The predicted molar refractivity (Wildman–Crippen MR) is 101 cm³/mol. The number of benzene rings is 1. The summed E-state index contributed by atoms with van der Waals surface area (Å²) in [6, 6.07) is 5.38. The summed E-state index contributed by atoms with van der Waals surface area (Å²) >= 11 is 6.51. The van der Waals surface area contributed by atoms with Gasteiger partial charge in [-0.25, -0.2) is 0 Å². The number of rotatable bonds is 6. The quantitative estimate of drug-likeness (QED) is 0.743. The molecule has 7 nitrogen and oxygen atoms in total. The Kier molecular flexibility index (Phi) is 5.44. The standard InChI is InChI=1S/C16H18N4O3S2/c1-22-13-5-3-4-10(14(13)23-2)7-20-8-11(6-17-20)18-15(21)12-9-25-16(24)19-12/h3-6,8,12H,7,9H2,1-2H3,(H,18,21)(H,19,24)/t12-/m0/s1. The lowest BCUT2D eigenvalue weighted by Crippen LogP contribution is -2.38. The topological polar surface area (TPSA) is 77.4 Å². The van der Waals surface area contributed by atoms with Crippen molar-refractivity contribution < 1.29 is 14.3 Å². The Hall–Kier alpha value is -2.26. The molecule has 2 aromatic rings. The van der Waals surface area contributed by atoms with Gasteiger partial charge in [-0.05, 0) is 6.07 Å². The molecule has 1 atom stereocenters. The first-order valence-electron chi connectivity index (χ1n) is 7.57. The Balaban J connectivity index is 1.68. The molecule has 0 unspecified atom stereocenters. The molecule has 3 rings (SSSR count). The van der Waals surface area contributed by atoms with Gasteiger partial charge in [0.05, 0.1) is 32.6 Å². The lowest BCUT2D eigenvalue weighted by atomic mass is 10.2. The van der Waals surface area contributed by atoms with Crippen LogP contribution in [0.15, 0.2) is 30.6 Å². The van der Waals surface area contributed by atoms with Crippen LogP contribution in [-0.4, -0.2) is 46.0 Å². The summed E-state index contributed by atoms with van der Waals surface area (Å²) in [5.41, 5.74) is 1.57. The van der Waals surface area contributed by atoms with Gasteiger partial charge in [0.2, 0.25) is 5.91 Å². The second-order valence-electron chi connectivity index (χ2n) is 5.36. The van der Waals surface area contributed by atoms with Gasteiger partial charge in [0.25, 0.3) is 0 Å². The number of amides is 1. The van der Waals surface area contributed by atoms with Crippen LogP contribution in [0.25, 0.3) is 0 Å². The molecule has 0 saturated carbocycles. The molecule has 132 valence electrons. The highest BCUT2D eigenvalue weighted by atomic mass is 32.2. The number of carbonyl (C=O) groups is 1. The number of anilines is 1. The van der Waals surface area contributed by atoms with Gasteiger partial charge >= 0.3 is 0 Å². The van der Waals surface area contributed by atoms with Crippen LogP contribution in [0.5, 0.6) is 11.5 Å². The minimum Gasteiger partial charge on any atom is -0.493 e. The number of para-hydroxylation sites is 1. The van der Waals surface area contributed by atoms with E-state index in [1.54, 1.807) is 31.3 Å². The molecule has 1 aliphatic rings. The van der Waals surface area contributed by atoms with Crippen molar-refractivity contribution in [1.82, 2.24) is 15.1 Å². The van der Waals surface area contributed by atoms with E-state index in [9.17, 15) is 4.79 Å². The predicted octanol–water partition coefficient (Wildman–Crippen LogP) is 1.88. The average molecular weight is 378 g/mol. The molecule has 0 radical (unpaired) electrons. The number of hydrogen-bond acceptors (Lipinski definition) is 6. The highest BCUT2D eigenvalue weighted by Gasteiger charge is 2.26.